The van der Waals surface area contributed by atoms with Gasteiger partial charge in [-0.15, -0.1) is 0 Å². The summed E-state index contributed by atoms with van der Waals surface area (Å²) in [6.07, 6.45) is 3.97. The van der Waals surface area contributed by atoms with Crippen LogP contribution in [0.25, 0.3) is 0 Å². The number of carboxylic acids is 1. The quantitative estimate of drug-likeness (QED) is 0.889. The number of carboxylic acid groups (broad SMARTS) is 1. The van der Waals surface area contributed by atoms with E-state index in [1.54, 1.807) is 0 Å². The lowest BCUT2D eigenvalue weighted by atomic mass is 10.0. The molecular formula is C14H19ClN2O2. The molecule has 0 spiro atoms. The second kappa shape index (κ2) is 6.26. The summed E-state index contributed by atoms with van der Waals surface area (Å²) in [5, 5.41) is 9.48. The molecule has 0 radical (unpaired) electrons. The van der Waals surface area contributed by atoms with Gasteiger partial charge in [0, 0.05) is 13.1 Å². The van der Waals surface area contributed by atoms with Gasteiger partial charge in [0.25, 0.3) is 0 Å². The number of piperidine rings is 1. The number of aliphatic carboxylic acids is 1. The Balaban J connectivity index is 2.10. The van der Waals surface area contributed by atoms with Gasteiger partial charge < -0.3 is 15.7 Å². The molecule has 1 heterocycles. The number of carbonyl (C=O) groups is 1. The van der Waals surface area contributed by atoms with Crippen LogP contribution in [0.3, 0.4) is 0 Å². The zero-order valence-corrected chi connectivity index (χ0v) is 11.6. The van der Waals surface area contributed by atoms with Crippen LogP contribution in [-0.4, -0.2) is 30.2 Å². The van der Waals surface area contributed by atoms with Gasteiger partial charge in [-0.05, 0) is 43.4 Å². The Morgan fingerprint density at radius 2 is 2.05 bits per heavy atom. The van der Waals surface area contributed by atoms with Crippen LogP contribution in [0.15, 0.2) is 18.2 Å². The summed E-state index contributed by atoms with van der Waals surface area (Å²) in [5.74, 6) is -0.990. The molecule has 1 saturated heterocycles. The highest BCUT2D eigenvalue weighted by molar-refractivity contribution is 6.33. The fourth-order valence-electron chi connectivity index (χ4n) is 2.41. The fourth-order valence-corrected chi connectivity index (χ4v) is 2.73. The molecule has 0 aromatic heterocycles. The van der Waals surface area contributed by atoms with E-state index in [2.05, 4.69) is 4.90 Å². The van der Waals surface area contributed by atoms with Gasteiger partial charge in [0.15, 0.2) is 0 Å². The number of halogens is 1. The molecule has 0 bridgehead atoms. The van der Waals surface area contributed by atoms with Crippen molar-refractivity contribution >= 4 is 23.3 Å². The third-order valence-electron chi connectivity index (χ3n) is 3.48. The van der Waals surface area contributed by atoms with Crippen molar-refractivity contribution in [3.8, 4) is 0 Å². The van der Waals surface area contributed by atoms with E-state index in [0.29, 0.717) is 11.4 Å². The molecule has 1 atom stereocenters. The molecule has 5 heteroatoms. The molecule has 0 amide bonds. The van der Waals surface area contributed by atoms with Gasteiger partial charge in [0.1, 0.15) is 6.04 Å². The first-order valence-corrected chi connectivity index (χ1v) is 6.97. The Morgan fingerprint density at radius 1 is 1.37 bits per heavy atom. The highest BCUT2D eigenvalue weighted by atomic mass is 35.5. The van der Waals surface area contributed by atoms with Crippen LogP contribution in [0.1, 0.15) is 24.8 Å². The minimum Gasteiger partial charge on any atom is -0.480 e. The molecule has 0 aliphatic carbocycles. The Kier molecular flexibility index (Phi) is 4.66. The van der Waals surface area contributed by atoms with Gasteiger partial charge in [0.2, 0.25) is 0 Å². The number of nitrogens with two attached hydrogens (primary N) is 1. The molecule has 1 fully saturated rings. The van der Waals surface area contributed by atoms with E-state index in [9.17, 15) is 4.79 Å². The minimum atomic E-state index is -0.990. The first-order valence-electron chi connectivity index (χ1n) is 6.59. The number of hydrogen-bond donors (Lipinski definition) is 2. The van der Waals surface area contributed by atoms with E-state index in [4.69, 9.17) is 22.4 Å². The van der Waals surface area contributed by atoms with Crippen LogP contribution in [0.4, 0.5) is 5.69 Å². The zero-order valence-electron chi connectivity index (χ0n) is 10.8. The van der Waals surface area contributed by atoms with Gasteiger partial charge in [0.05, 0.1) is 10.7 Å². The molecule has 104 valence electrons. The van der Waals surface area contributed by atoms with Gasteiger partial charge in [-0.1, -0.05) is 17.7 Å². The molecule has 1 aromatic rings. The first kappa shape index (κ1) is 14.2. The standard InChI is InChI=1S/C14H19ClN2O2/c15-11-8-10(9-12(16)14(18)19)4-5-13(11)17-6-2-1-3-7-17/h4-5,8,12H,1-3,6-7,9,16H2,(H,18,19). The molecule has 1 unspecified atom stereocenters. The maximum Gasteiger partial charge on any atom is 0.320 e. The van der Waals surface area contributed by atoms with E-state index in [0.717, 1.165) is 24.3 Å². The lowest BCUT2D eigenvalue weighted by Crippen LogP contribution is -2.32. The fraction of sp³-hybridized carbons (Fsp3) is 0.500. The number of rotatable bonds is 4. The maximum absolute atomic E-state index is 10.7. The highest BCUT2D eigenvalue weighted by Gasteiger charge is 2.16. The smallest absolute Gasteiger partial charge is 0.320 e. The van der Waals surface area contributed by atoms with E-state index < -0.39 is 12.0 Å². The Hall–Kier alpha value is -1.26. The van der Waals surface area contributed by atoms with Crippen molar-refractivity contribution < 1.29 is 9.90 Å². The lowest BCUT2D eigenvalue weighted by molar-refractivity contribution is -0.138. The van der Waals surface area contributed by atoms with E-state index in [1.165, 1.54) is 19.3 Å². The molecule has 1 aromatic carbocycles. The number of nitrogens with zero attached hydrogens (tertiary/aromatic N) is 1. The van der Waals surface area contributed by atoms with Crippen LogP contribution in [0.2, 0.25) is 5.02 Å². The van der Waals surface area contributed by atoms with Crippen molar-refractivity contribution in [2.24, 2.45) is 5.73 Å². The number of hydrogen-bond acceptors (Lipinski definition) is 3. The summed E-state index contributed by atoms with van der Waals surface area (Å²) >= 11 is 6.30. The molecule has 1 aliphatic heterocycles. The minimum absolute atomic E-state index is 0.301. The van der Waals surface area contributed by atoms with Crippen molar-refractivity contribution in [1.82, 2.24) is 0 Å². The lowest BCUT2D eigenvalue weighted by Gasteiger charge is -2.29. The van der Waals surface area contributed by atoms with Crippen molar-refractivity contribution in [2.45, 2.75) is 31.7 Å². The topological polar surface area (TPSA) is 66.6 Å². The third-order valence-corrected chi connectivity index (χ3v) is 3.78. The average Bonchev–Trinajstić information content (AvgIpc) is 2.39. The van der Waals surface area contributed by atoms with E-state index in [-0.39, 0.29) is 0 Å². The van der Waals surface area contributed by atoms with Crippen LogP contribution in [0, 0.1) is 0 Å². The number of benzene rings is 1. The van der Waals surface area contributed by atoms with Crippen LogP contribution >= 0.6 is 11.6 Å². The van der Waals surface area contributed by atoms with Crippen molar-refractivity contribution in [1.29, 1.82) is 0 Å². The zero-order chi connectivity index (χ0) is 13.8. The van der Waals surface area contributed by atoms with Crippen LogP contribution in [0.5, 0.6) is 0 Å². The summed E-state index contributed by atoms with van der Waals surface area (Å²) in [5.41, 5.74) is 7.42. The third kappa shape index (κ3) is 3.61. The summed E-state index contributed by atoms with van der Waals surface area (Å²) in [6.45, 7) is 2.07. The normalized spacial score (nSPS) is 17.3. The number of anilines is 1. The van der Waals surface area contributed by atoms with Crippen molar-refractivity contribution in [3.05, 3.63) is 28.8 Å². The second-order valence-corrected chi connectivity index (χ2v) is 5.39. The second-order valence-electron chi connectivity index (χ2n) is 4.98. The van der Waals surface area contributed by atoms with E-state index in [1.807, 2.05) is 18.2 Å². The van der Waals surface area contributed by atoms with Crippen LogP contribution < -0.4 is 10.6 Å². The monoisotopic (exact) mass is 282 g/mol. The molecule has 4 nitrogen and oxygen atoms in total. The predicted octanol–water partition coefficient (Wildman–Crippen LogP) is 2.28. The molecular weight excluding hydrogens is 264 g/mol. The highest BCUT2D eigenvalue weighted by Crippen LogP contribution is 2.29. The Morgan fingerprint density at radius 3 is 2.63 bits per heavy atom. The first-order chi connectivity index (χ1) is 9.08. The SMILES string of the molecule is NC(Cc1ccc(N2CCCCC2)c(Cl)c1)C(=O)O. The summed E-state index contributed by atoms with van der Waals surface area (Å²) in [4.78, 5) is 13.0. The summed E-state index contributed by atoms with van der Waals surface area (Å²) in [7, 11) is 0. The van der Waals surface area contributed by atoms with Gasteiger partial charge >= 0.3 is 5.97 Å². The Labute approximate surface area is 118 Å². The summed E-state index contributed by atoms with van der Waals surface area (Å²) < 4.78 is 0. The van der Waals surface area contributed by atoms with E-state index >= 15 is 0 Å². The van der Waals surface area contributed by atoms with Gasteiger partial charge in [-0.25, -0.2) is 0 Å². The molecule has 0 saturated carbocycles. The molecule has 19 heavy (non-hydrogen) atoms. The maximum atomic E-state index is 10.7. The Bertz CT molecular complexity index is 459. The van der Waals surface area contributed by atoms with Gasteiger partial charge in [-0.3, -0.25) is 4.79 Å². The summed E-state index contributed by atoms with van der Waals surface area (Å²) in [6, 6.07) is 4.83. The molecule has 3 N–H and O–H groups in total. The van der Waals surface area contributed by atoms with Crippen LogP contribution in [-0.2, 0) is 11.2 Å². The van der Waals surface area contributed by atoms with Gasteiger partial charge in [-0.2, -0.15) is 0 Å². The molecule has 2 rings (SSSR count). The largest absolute Gasteiger partial charge is 0.480 e. The molecule has 1 aliphatic rings. The van der Waals surface area contributed by atoms with Crippen molar-refractivity contribution in [3.63, 3.8) is 0 Å². The average molecular weight is 283 g/mol. The van der Waals surface area contributed by atoms with Crippen molar-refractivity contribution in [2.75, 3.05) is 18.0 Å². The predicted molar refractivity (Wildman–Crippen MR) is 76.8 cm³/mol.